The van der Waals surface area contributed by atoms with Crippen molar-refractivity contribution in [3.63, 3.8) is 0 Å². The highest BCUT2D eigenvalue weighted by atomic mass is 35.5. The van der Waals surface area contributed by atoms with Gasteiger partial charge in [0.25, 0.3) is 5.69 Å². The molecule has 0 spiro atoms. The fraction of sp³-hybridized carbons (Fsp3) is 0.333. The number of nitro benzene ring substituents is 1. The van der Waals surface area contributed by atoms with Crippen LogP contribution in [0, 0.1) is 10.1 Å². The molecule has 1 unspecified atom stereocenters. The number of nitrogens with one attached hydrogen (secondary N) is 1. The fourth-order valence-corrected chi connectivity index (χ4v) is 2.85. The second kappa shape index (κ2) is 8.48. The van der Waals surface area contributed by atoms with Crippen molar-refractivity contribution in [2.24, 2.45) is 0 Å². The number of carbonyl (C=O) groups excluding carboxylic acids is 1. The van der Waals surface area contributed by atoms with E-state index in [1.807, 2.05) is 0 Å². The summed E-state index contributed by atoms with van der Waals surface area (Å²) in [5.74, 6) is -0.0777. The smallest absolute Gasteiger partial charge is 0.326 e. The third-order valence-electron chi connectivity index (χ3n) is 2.62. The van der Waals surface area contributed by atoms with Crippen molar-refractivity contribution in [2.75, 3.05) is 5.75 Å². The normalized spacial score (nSPS) is 11.7. The number of carboxylic acid groups (broad SMARTS) is 1. The lowest BCUT2D eigenvalue weighted by Gasteiger charge is -2.10. The lowest BCUT2D eigenvalue weighted by molar-refractivity contribution is -0.384. The fourth-order valence-electron chi connectivity index (χ4n) is 1.51. The minimum absolute atomic E-state index is 0.0742. The lowest BCUT2D eigenvalue weighted by Crippen LogP contribution is -2.36. The van der Waals surface area contributed by atoms with Crippen LogP contribution in [0.2, 0.25) is 5.02 Å². The number of hydrogen-bond donors (Lipinski definition) is 2. The number of rotatable bonds is 9. The largest absolute Gasteiger partial charge is 0.480 e. The Morgan fingerprint density at radius 3 is 2.81 bits per heavy atom. The highest BCUT2D eigenvalue weighted by Crippen LogP contribution is 2.26. The third kappa shape index (κ3) is 5.60. The maximum atomic E-state index is 10.8. The topological polar surface area (TPSA) is 110 Å². The number of aliphatic carboxylic acids is 1. The predicted molar refractivity (Wildman–Crippen MR) is 79.5 cm³/mol. The Morgan fingerprint density at radius 2 is 2.29 bits per heavy atom. The second-order valence-corrected chi connectivity index (χ2v) is 5.56. The number of benzene rings is 1. The van der Waals surface area contributed by atoms with Gasteiger partial charge in [-0.15, -0.1) is 0 Å². The molecule has 0 fully saturated rings. The summed E-state index contributed by atoms with van der Waals surface area (Å²) in [6.07, 6.45) is 0.639. The molecule has 1 rings (SSSR count). The molecule has 1 aromatic rings. The quantitative estimate of drug-likeness (QED) is 0.310. The van der Waals surface area contributed by atoms with Crippen molar-refractivity contribution >= 4 is 41.4 Å². The van der Waals surface area contributed by atoms with Gasteiger partial charge in [-0.3, -0.25) is 14.9 Å². The van der Waals surface area contributed by atoms with Gasteiger partial charge in [0, 0.05) is 17.9 Å². The lowest BCUT2D eigenvalue weighted by atomic mass is 10.2. The van der Waals surface area contributed by atoms with Crippen LogP contribution in [0.3, 0.4) is 0 Å². The summed E-state index contributed by atoms with van der Waals surface area (Å²) in [6, 6.07) is 3.31. The first-order valence-electron chi connectivity index (χ1n) is 5.88. The molecule has 9 heteroatoms. The number of non-ortho nitro benzene ring substituents is 1. The van der Waals surface area contributed by atoms with Crippen molar-refractivity contribution in [3.8, 4) is 0 Å². The molecule has 0 aromatic heterocycles. The Bertz CT molecular complexity index is 540. The average Bonchev–Trinajstić information content (AvgIpc) is 2.43. The molecular weight excluding hydrogens is 320 g/mol. The number of nitro groups is 1. The van der Waals surface area contributed by atoms with Gasteiger partial charge >= 0.3 is 5.97 Å². The van der Waals surface area contributed by atoms with E-state index in [4.69, 9.17) is 16.7 Å². The number of amides is 1. The molecule has 2 N–H and O–H groups in total. The molecule has 0 heterocycles. The van der Waals surface area contributed by atoms with E-state index in [1.165, 1.54) is 23.9 Å². The molecule has 0 radical (unpaired) electrons. The van der Waals surface area contributed by atoms with E-state index in [9.17, 15) is 19.7 Å². The number of thioether (sulfide) groups is 1. The number of nitrogens with zero attached hydrogens (tertiary/aromatic N) is 1. The Labute approximate surface area is 129 Å². The molecule has 0 saturated carbocycles. The number of carboxylic acids is 1. The summed E-state index contributed by atoms with van der Waals surface area (Å²) in [5.41, 5.74) is 0.664. The first-order valence-corrected chi connectivity index (χ1v) is 7.42. The SMILES string of the molecule is O=CNC(CCSCc1ccc([N+](=O)[O-])cc1Cl)C(=O)O. The molecule has 0 bridgehead atoms. The Morgan fingerprint density at radius 1 is 1.57 bits per heavy atom. The maximum Gasteiger partial charge on any atom is 0.326 e. The summed E-state index contributed by atoms with van der Waals surface area (Å²) < 4.78 is 0. The average molecular weight is 333 g/mol. The number of hydrogen-bond acceptors (Lipinski definition) is 5. The van der Waals surface area contributed by atoms with E-state index in [0.717, 1.165) is 5.56 Å². The van der Waals surface area contributed by atoms with Crippen LogP contribution in [0.1, 0.15) is 12.0 Å². The van der Waals surface area contributed by atoms with Crippen LogP contribution in [-0.4, -0.2) is 34.2 Å². The molecule has 0 aliphatic carbocycles. The van der Waals surface area contributed by atoms with Gasteiger partial charge in [0.05, 0.1) is 9.95 Å². The van der Waals surface area contributed by atoms with E-state index in [1.54, 1.807) is 6.07 Å². The van der Waals surface area contributed by atoms with Gasteiger partial charge in [-0.25, -0.2) is 4.79 Å². The standard InChI is InChI=1S/C12H13ClN2O5S/c13-10-5-9(15(19)20)2-1-8(10)6-21-4-3-11(12(17)18)14-7-16/h1-2,5,7,11H,3-4,6H2,(H,14,16)(H,17,18). The summed E-state index contributed by atoms with van der Waals surface area (Å²) in [7, 11) is 0. The summed E-state index contributed by atoms with van der Waals surface area (Å²) in [6.45, 7) is 0. The van der Waals surface area contributed by atoms with E-state index in [-0.39, 0.29) is 12.1 Å². The molecule has 7 nitrogen and oxygen atoms in total. The van der Waals surface area contributed by atoms with Gasteiger partial charge < -0.3 is 10.4 Å². The molecule has 21 heavy (non-hydrogen) atoms. The Balaban J connectivity index is 2.47. The zero-order chi connectivity index (χ0) is 15.8. The predicted octanol–water partition coefficient (Wildman–Crippen LogP) is 2.07. The maximum absolute atomic E-state index is 10.8. The van der Waals surface area contributed by atoms with E-state index < -0.39 is 16.9 Å². The van der Waals surface area contributed by atoms with Gasteiger partial charge in [0.15, 0.2) is 0 Å². The van der Waals surface area contributed by atoms with Gasteiger partial charge in [0.1, 0.15) is 6.04 Å². The minimum Gasteiger partial charge on any atom is -0.480 e. The molecule has 1 atom stereocenters. The van der Waals surface area contributed by atoms with Crippen molar-refractivity contribution < 1.29 is 19.6 Å². The zero-order valence-electron chi connectivity index (χ0n) is 10.8. The summed E-state index contributed by atoms with van der Waals surface area (Å²) in [4.78, 5) is 31.1. The van der Waals surface area contributed by atoms with Crippen LogP contribution in [0.4, 0.5) is 5.69 Å². The molecular formula is C12H13ClN2O5S. The second-order valence-electron chi connectivity index (χ2n) is 4.05. The molecule has 1 amide bonds. The van der Waals surface area contributed by atoms with Crippen molar-refractivity contribution in [2.45, 2.75) is 18.2 Å². The van der Waals surface area contributed by atoms with Crippen LogP contribution in [0.15, 0.2) is 18.2 Å². The molecule has 114 valence electrons. The molecule has 0 aliphatic rings. The molecule has 0 aliphatic heterocycles. The van der Waals surface area contributed by atoms with Gasteiger partial charge in [-0.1, -0.05) is 11.6 Å². The van der Waals surface area contributed by atoms with Gasteiger partial charge in [-0.05, 0) is 23.8 Å². The minimum atomic E-state index is -1.09. The van der Waals surface area contributed by atoms with Crippen molar-refractivity contribution in [3.05, 3.63) is 38.9 Å². The Hall–Kier alpha value is -1.80. The first kappa shape index (κ1) is 17.3. The first-order chi connectivity index (χ1) is 9.95. The van der Waals surface area contributed by atoms with Crippen LogP contribution >= 0.6 is 23.4 Å². The van der Waals surface area contributed by atoms with E-state index in [0.29, 0.717) is 22.9 Å². The molecule has 1 aromatic carbocycles. The van der Waals surface area contributed by atoms with Crippen LogP contribution < -0.4 is 5.32 Å². The summed E-state index contributed by atoms with van der Waals surface area (Å²) in [5, 5.41) is 21.9. The third-order valence-corrected chi connectivity index (χ3v) is 4.01. The Kier molecular flexibility index (Phi) is 6.97. The molecule has 0 saturated heterocycles. The summed E-state index contributed by atoms with van der Waals surface area (Å²) >= 11 is 7.38. The van der Waals surface area contributed by atoms with Gasteiger partial charge in [0.2, 0.25) is 6.41 Å². The monoisotopic (exact) mass is 332 g/mol. The van der Waals surface area contributed by atoms with E-state index >= 15 is 0 Å². The van der Waals surface area contributed by atoms with E-state index in [2.05, 4.69) is 5.32 Å². The van der Waals surface area contributed by atoms with Crippen molar-refractivity contribution in [1.82, 2.24) is 5.32 Å². The number of halogens is 1. The highest BCUT2D eigenvalue weighted by molar-refractivity contribution is 7.98. The highest BCUT2D eigenvalue weighted by Gasteiger charge is 2.15. The van der Waals surface area contributed by atoms with Crippen LogP contribution in [0.25, 0.3) is 0 Å². The number of carbonyl (C=O) groups is 2. The van der Waals surface area contributed by atoms with Crippen molar-refractivity contribution in [1.29, 1.82) is 0 Å². The van der Waals surface area contributed by atoms with Crippen LogP contribution in [-0.2, 0) is 15.3 Å². The zero-order valence-corrected chi connectivity index (χ0v) is 12.4. The van der Waals surface area contributed by atoms with Crippen LogP contribution in [0.5, 0.6) is 0 Å². The van der Waals surface area contributed by atoms with Gasteiger partial charge in [-0.2, -0.15) is 11.8 Å².